The number of aromatic nitrogens is 1. The lowest BCUT2D eigenvalue weighted by Crippen LogP contribution is -2.04. The maximum absolute atomic E-state index is 9.70. The number of hydrogen-bond acceptors (Lipinski definition) is 8. The van der Waals surface area contributed by atoms with Crippen molar-refractivity contribution in [3.8, 4) is 34.8 Å². The average Bonchev–Trinajstić information content (AvgIpc) is 2.67. The lowest BCUT2D eigenvalue weighted by Gasteiger charge is -2.14. The molecule has 134 valence electrons. The number of pyridine rings is 1. The molecule has 8 heteroatoms. The Morgan fingerprint density at radius 3 is 2.42 bits per heavy atom. The van der Waals surface area contributed by atoms with Crippen molar-refractivity contribution in [2.24, 2.45) is 0 Å². The van der Waals surface area contributed by atoms with E-state index in [1.807, 2.05) is 6.07 Å². The van der Waals surface area contributed by atoms with Crippen LogP contribution in [0.15, 0.2) is 23.2 Å². The molecule has 2 rings (SSSR count). The van der Waals surface area contributed by atoms with Crippen molar-refractivity contribution < 1.29 is 14.6 Å². The number of methoxy groups -OCH3 is 2. The molecule has 0 atom stereocenters. The van der Waals surface area contributed by atoms with Crippen LogP contribution in [0, 0.1) is 22.7 Å². The number of nitrogens with zero attached hydrogens (tertiary/aromatic N) is 3. The molecule has 3 N–H and O–H groups in total. The number of nitrogens with two attached hydrogens (primary N) is 1. The van der Waals surface area contributed by atoms with Gasteiger partial charge in [0.15, 0.2) is 11.5 Å². The van der Waals surface area contributed by atoms with Crippen LogP contribution >= 0.6 is 11.8 Å². The molecule has 0 radical (unpaired) electrons. The second-order valence-electron chi connectivity index (χ2n) is 5.15. The summed E-state index contributed by atoms with van der Waals surface area (Å²) in [7, 11) is 3.04. The molecule has 0 amide bonds. The van der Waals surface area contributed by atoms with Gasteiger partial charge in [0.25, 0.3) is 0 Å². The van der Waals surface area contributed by atoms with Crippen LogP contribution in [-0.4, -0.2) is 36.7 Å². The Bertz CT molecular complexity index is 887. The fourth-order valence-electron chi connectivity index (χ4n) is 2.42. The van der Waals surface area contributed by atoms with Crippen molar-refractivity contribution in [3.05, 3.63) is 29.3 Å². The van der Waals surface area contributed by atoms with E-state index in [2.05, 4.69) is 11.1 Å². The molecule has 1 aromatic carbocycles. The van der Waals surface area contributed by atoms with Crippen LogP contribution in [0.1, 0.15) is 17.5 Å². The van der Waals surface area contributed by atoms with Gasteiger partial charge in [0.2, 0.25) is 0 Å². The summed E-state index contributed by atoms with van der Waals surface area (Å²) in [6.07, 6.45) is 0.558. The van der Waals surface area contributed by atoms with E-state index in [1.54, 1.807) is 18.2 Å². The maximum atomic E-state index is 9.70. The lowest BCUT2D eigenvalue weighted by atomic mass is 9.96. The Kier molecular flexibility index (Phi) is 6.67. The highest BCUT2D eigenvalue weighted by atomic mass is 32.2. The molecule has 0 bridgehead atoms. The van der Waals surface area contributed by atoms with Gasteiger partial charge in [-0.3, -0.25) is 0 Å². The molecule has 1 aromatic heterocycles. The van der Waals surface area contributed by atoms with Gasteiger partial charge in [0.05, 0.1) is 19.8 Å². The van der Waals surface area contributed by atoms with Crippen LogP contribution in [-0.2, 0) is 0 Å². The smallest absolute Gasteiger partial charge is 0.161 e. The quantitative estimate of drug-likeness (QED) is 0.563. The SMILES string of the molecule is COc1ccc(-c2c(C#N)c(N)nc(SCCCO)c2C#N)cc1OC. The van der Waals surface area contributed by atoms with Gasteiger partial charge >= 0.3 is 0 Å². The average molecular weight is 370 g/mol. The highest BCUT2D eigenvalue weighted by molar-refractivity contribution is 7.99. The third-order valence-corrected chi connectivity index (χ3v) is 4.69. The second-order valence-corrected chi connectivity index (χ2v) is 6.23. The van der Waals surface area contributed by atoms with Gasteiger partial charge in [-0.1, -0.05) is 6.07 Å². The van der Waals surface area contributed by atoms with Gasteiger partial charge in [-0.2, -0.15) is 10.5 Å². The molecule has 0 fully saturated rings. The van der Waals surface area contributed by atoms with Crippen LogP contribution in [0.5, 0.6) is 11.5 Å². The van der Waals surface area contributed by atoms with Crippen molar-refractivity contribution >= 4 is 17.6 Å². The lowest BCUT2D eigenvalue weighted by molar-refractivity contribution is 0.296. The topological polar surface area (TPSA) is 125 Å². The molecule has 0 aliphatic rings. The van der Waals surface area contributed by atoms with Crippen LogP contribution in [0.2, 0.25) is 0 Å². The minimum Gasteiger partial charge on any atom is -0.493 e. The summed E-state index contributed by atoms with van der Waals surface area (Å²) in [6, 6.07) is 9.30. The molecule has 0 unspecified atom stereocenters. The summed E-state index contributed by atoms with van der Waals surface area (Å²) in [5.41, 5.74) is 7.39. The van der Waals surface area contributed by atoms with E-state index in [0.717, 1.165) is 0 Å². The van der Waals surface area contributed by atoms with Crippen molar-refractivity contribution in [2.45, 2.75) is 11.4 Å². The van der Waals surface area contributed by atoms with Crippen molar-refractivity contribution in [2.75, 3.05) is 32.3 Å². The predicted molar refractivity (Wildman–Crippen MR) is 99.0 cm³/mol. The highest BCUT2D eigenvalue weighted by Crippen LogP contribution is 2.39. The Morgan fingerprint density at radius 2 is 1.85 bits per heavy atom. The molecular formula is C18H18N4O3S. The van der Waals surface area contributed by atoms with Crippen LogP contribution in [0.25, 0.3) is 11.1 Å². The Hall–Kier alpha value is -2.94. The monoisotopic (exact) mass is 370 g/mol. The summed E-state index contributed by atoms with van der Waals surface area (Å²) in [6.45, 7) is 0.0448. The molecular weight excluding hydrogens is 352 g/mol. The van der Waals surface area contributed by atoms with Gasteiger partial charge in [-0.15, -0.1) is 11.8 Å². The Labute approximate surface area is 156 Å². The fourth-order valence-corrected chi connectivity index (χ4v) is 3.34. The van der Waals surface area contributed by atoms with E-state index in [9.17, 15) is 10.5 Å². The minimum absolute atomic E-state index is 0.0448. The zero-order valence-corrected chi connectivity index (χ0v) is 15.3. The molecule has 0 spiro atoms. The van der Waals surface area contributed by atoms with Gasteiger partial charge < -0.3 is 20.3 Å². The summed E-state index contributed by atoms with van der Waals surface area (Å²) in [5, 5.41) is 28.6. The van der Waals surface area contributed by atoms with Crippen LogP contribution in [0.3, 0.4) is 0 Å². The first-order valence-corrected chi connectivity index (χ1v) is 8.69. The summed E-state index contributed by atoms with van der Waals surface area (Å²) in [4.78, 5) is 4.21. The van der Waals surface area contributed by atoms with E-state index in [1.165, 1.54) is 26.0 Å². The third-order valence-electron chi connectivity index (χ3n) is 3.63. The maximum Gasteiger partial charge on any atom is 0.161 e. The zero-order chi connectivity index (χ0) is 19.1. The normalized spacial score (nSPS) is 10.0. The van der Waals surface area contributed by atoms with E-state index < -0.39 is 0 Å². The molecule has 0 saturated heterocycles. The Morgan fingerprint density at radius 1 is 1.15 bits per heavy atom. The van der Waals surface area contributed by atoms with E-state index in [4.69, 9.17) is 20.3 Å². The molecule has 0 aliphatic carbocycles. The summed E-state index contributed by atoms with van der Waals surface area (Å²) in [5.74, 6) is 1.65. The number of aliphatic hydroxyl groups is 1. The number of benzene rings is 1. The summed E-state index contributed by atoms with van der Waals surface area (Å²) < 4.78 is 10.5. The largest absolute Gasteiger partial charge is 0.493 e. The number of rotatable bonds is 7. The summed E-state index contributed by atoms with van der Waals surface area (Å²) >= 11 is 1.32. The van der Waals surface area contributed by atoms with Crippen molar-refractivity contribution in [1.29, 1.82) is 10.5 Å². The van der Waals surface area contributed by atoms with Gasteiger partial charge in [-0.05, 0) is 24.1 Å². The van der Waals surface area contributed by atoms with Crippen LogP contribution < -0.4 is 15.2 Å². The van der Waals surface area contributed by atoms with Gasteiger partial charge in [-0.25, -0.2) is 4.98 Å². The van der Waals surface area contributed by atoms with Gasteiger partial charge in [0, 0.05) is 17.9 Å². The number of anilines is 1. The second kappa shape index (κ2) is 8.95. The molecule has 0 saturated carbocycles. The molecule has 2 aromatic rings. The van der Waals surface area contributed by atoms with Crippen molar-refractivity contribution in [1.82, 2.24) is 4.98 Å². The third kappa shape index (κ3) is 3.83. The molecule has 7 nitrogen and oxygen atoms in total. The van der Waals surface area contributed by atoms with Gasteiger partial charge in [0.1, 0.15) is 28.5 Å². The van der Waals surface area contributed by atoms with E-state index in [-0.39, 0.29) is 23.6 Å². The number of nitrogen functional groups attached to an aromatic ring is 1. The first kappa shape index (κ1) is 19.4. The molecule has 1 heterocycles. The number of nitriles is 2. The van der Waals surface area contributed by atoms with E-state index in [0.29, 0.717) is 39.8 Å². The van der Waals surface area contributed by atoms with E-state index >= 15 is 0 Å². The Balaban J connectivity index is 2.70. The zero-order valence-electron chi connectivity index (χ0n) is 14.4. The number of ether oxygens (including phenoxy) is 2. The minimum atomic E-state index is 0.0448. The first-order valence-electron chi connectivity index (χ1n) is 7.70. The van der Waals surface area contributed by atoms with Crippen LogP contribution in [0.4, 0.5) is 5.82 Å². The highest BCUT2D eigenvalue weighted by Gasteiger charge is 2.21. The first-order chi connectivity index (χ1) is 12.6. The fraction of sp³-hybridized carbons (Fsp3) is 0.278. The number of hydrogen-bond donors (Lipinski definition) is 2. The number of aliphatic hydroxyl groups excluding tert-OH is 1. The molecule has 26 heavy (non-hydrogen) atoms. The predicted octanol–water partition coefficient (Wildman–Crippen LogP) is 2.57. The van der Waals surface area contributed by atoms with Crippen molar-refractivity contribution in [3.63, 3.8) is 0 Å². The number of thioether (sulfide) groups is 1. The standard InChI is InChI=1S/C18H18N4O3S/c1-24-14-5-4-11(8-15(14)25-2)16-12(9-19)17(21)22-18(13(16)10-20)26-7-3-6-23/h4-5,8,23H,3,6-7H2,1-2H3,(H2,21,22). The molecule has 0 aliphatic heterocycles.